The molecule has 5 aliphatic rings. The molecule has 4 heterocycles. The number of anilines is 2. The second-order valence-corrected chi connectivity index (χ2v) is 16.5. The summed E-state index contributed by atoms with van der Waals surface area (Å²) >= 11 is 0. The van der Waals surface area contributed by atoms with Crippen LogP contribution >= 0.6 is 0 Å². The predicted octanol–water partition coefficient (Wildman–Crippen LogP) is 8.18. The van der Waals surface area contributed by atoms with Gasteiger partial charge in [0.15, 0.2) is 6.54 Å². The minimum absolute atomic E-state index is 0.0552. The maximum atomic E-state index is 14.6. The minimum atomic E-state index is -3.88. The Hall–Kier alpha value is -5.05. The van der Waals surface area contributed by atoms with Crippen LogP contribution in [-0.2, 0) is 27.7 Å². The molecule has 0 amide bonds. The number of hydrogen-bond donors (Lipinski definition) is 0. The third-order valence-electron chi connectivity index (χ3n) is 11.3. The largest absolute Gasteiger partial charge is 0.456 e. The van der Waals surface area contributed by atoms with Crippen molar-refractivity contribution in [2.75, 3.05) is 31.1 Å². The summed E-state index contributed by atoms with van der Waals surface area (Å²) in [5.74, 6) is 0.764. The molecule has 4 aromatic carbocycles. The summed E-state index contributed by atoms with van der Waals surface area (Å²) in [5, 5.41) is 1.89. The van der Waals surface area contributed by atoms with Crippen molar-refractivity contribution in [1.82, 2.24) is 8.88 Å². The first kappa shape index (κ1) is 32.8. The van der Waals surface area contributed by atoms with Gasteiger partial charge in [-0.15, -0.1) is 0 Å². The molecule has 0 N–H and O–H groups in total. The maximum absolute atomic E-state index is 14.6. The van der Waals surface area contributed by atoms with E-state index in [1.54, 1.807) is 16.4 Å². The van der Waals surface area contributed by atoms with Gasteiger partial charge in [-0.2, -0.15) is 8.88 Å². The van der Waals surface area contributed by atoms with Crippen LogP contribution in [0.2, 0.25) is 0 Å². The van der Waals surface area contributed by atoms with Crippen LogP contribution in [0.3, 0.4) is 0 Å². The van der Waals surface area contributed by atoms with Crippen molar-refractivity contribution in [3.05, 3.63) is 126 Å². The number of hydrogen-bond acceptors (Lipinski definition) is 5. The van der Waals surface area contributed by atoms with Crippen LogP contribution in [-0.4, -0.2) is 44.7 Å². The molecule has 0 unspecified atom stereocenters. The summed E-state index contributed by atoms with van der Waals surface area (Å²) < 4.78 is 39.9. The number of fused-ring (bicyclic) bond motifs is 4. The molecule has 1 saturated heterocycles. The molecule has 9 rings (SSSR count). The summed E-state index contributed by atoms with van der Waals surface area (Å²) in [5.41, 5.74) is 9.12. The van der Waals surface area contributed by atoms with Crippen molar-refractivity contribution < 1.29 is 17.6 Å². The van der Waals surface area contributed by atoms with Crippen molar-refractivity contribution >= 4 is 43.8 Å². The SMILES string of the molecule is CC(C)C(=O)C1CCN(S(=O)(=O)c2ccccc2-c2c3cc/c(=[N+]4/CCc5ccccc54)cc-3oc3cc(N4CCc5ccccc54)ccc23)CC1. The lowest BCUT2D eigenvalue weighted by molar-refractivity contribution is -0.126. The first-order chi connectivity index (χ1) is 25.3. The number of rotatable bonds is 6. The van der Waals surface area contributed by atoms with Gasteiger partial charge in [0.1, 0.15) is 17.1 Å². The van der Waals surface area contributed by atoms with Gasteiger partial charge in [0.05, 0.1) is 11.0 Å². The molecule has 4 aliphatic heterocycles. The lowest BCUT2D eigenvalue weighted by atomic mass is 9.88. The summed E-state index contributed by atoms with van der Waals surface area (Å²) in [6.45, 7) is 6.25. The van der Waals surface area contributed by atoms with Gasteiger partial charge < -0.3 is 9.32 Å². The van der Waals surface area contributed by atoms with Gasteiger partial charge in [0.2, 0.25) is 21.1 Å². The molecule has 0 spiro atoms. The highest BCUT2D eigenvalue weighted by atomic mass is 32.2. The van der Waals surface area contributed by atoms with Gasteiger partial charge in [-0.1, -0.05) is 68.4 Å². The number of piperidine rings is 1. The summed E-state index contributed by atoms with van der Waals surface area (Å²) in [4.78, 5) is 15.4. The van der Waals surface area contributed by atoms with E-state index in [2.05, 4.69) is 94.4 Å². The van der Waals surface area contributed by atoms with E-state index in [1.165, 1.54) is 22.5 Å². The minimum Gasteiger partial charge on any atom is -0.456 e. The van der Waals surface area contributed by atoms with Gasteiger partial charge in [0.25, 0.3) is 0 Å². The third kappa shape index (κ3) is 5.47. The highest BCUT2D eigenvalue weighted by Gasteiger charge is 2.35. The monoisotopic (exact) mass is 708 g/mol. The molecule has 0 saturated carbocycles. The lowest BCUT2D eigenvalue weighted by Gasteiger charge is -2.32. The van der Waals surface area contributed by atoms with Crippen molar-refractivity contribution in [1.29, 1.82) is 0 Å². The van der Waals surface area contributed by atoms with Gasteiger partial charge in [-0.3, -0.25) is 4.79 Å². The standard InChI is InChI=1S/C44H42N3O4S/c1-29(2)44(48)32-19-23-45(24-20-32)52(49,50)42-14-8-5-11-37(42)43-35-17-15-33(46-25-21-30-9-3-6-12-38(30)46)27-40(35)51-41-28-34(16-18-36(41)43)47-26-22-31-10-4-7-13-39(31)47/h3-18,27-29,32H,19-26H2,1-2H3/q+1. The molecule has 0 atom stereocenters. The smallest absolute Gasteiger partial charge is 0.243 e. The summed E-state index contributed by atoms with van der Waals surface area (Å²) in [6.07, 6.45) is 3.03. The Labute approximate surface area is 304 Å². The molecule has 0 bridgehead atoms. The van der Waals surface area contributed by atoms with Crippen LogP contribution in [0, 0.1) is 11.8 Å². The van der Waals surface area contributed by atoms with E-state index in [1.807, 2.05) is 26.0 Å². The molecular formula is C44H42N3O4S+. The van der Waals surface area contributed by atoms with E-state index in [-0.39, 0.29) is 22.5 Å². The zero-order valence-electron chi connectivity index (χ0n) is 29.6. The van der Waals surface area contributed by atoms with Gasteiger partial charge in [-0.05, 0) is 55.2 Å². The topological polar surface area (TPSA) is 73.8 Å². The summed E-state index contributed by atoms with van der Waals surface area (Å²) in [7, 11) is -3.88. The predicted molar refractivity (Wildman–Crippen MR) is 207 cm³/mol. The number of carbonyl (C=O) groups excluding carboxylic acids is 1. The Morgan fingerprint density at radius 3 is 2.37 bits per heavy atom. The average molecular weight is 709 g/mol. The molecule has 4 aromatic rings. The van der Waals surface area contributed by atoms with Gasteiger partial charge in [-0.25, -0.2) is 8.42 Å². The Balaban J connectivity index is 1.22. The Bertz CT molecular complexity index is 2530. The molecule has 1 fully saturated rings. The number of ketones is 1. The highest BCUT2D eigenvalue weighted by Crippen LogP contribution is 2.45. The van der Waals surface area contributed by atoms with Crippen LogP contribution in [0.4, 0.5) is 17.1 Å². The van der Waals surface area contributed by atoms with Gasteiger partial charge >= 0.3 is 0 Å². The van der Waals surface area contributed by atoms with Gasteiger partial charge in [0, 0.05) is 95.1 Å². The van der Waals surface area contributed by atoms with Crippen LogP contribution in [0.15, 0.2) is 119 Å². The molecule has 52 heavy (non-hydrogen) atoms. The molecular weight excluding hydrogens is 667 g/mol. The van der Waals surface area contributed by atoms with E-state index < -0.39 is 10.0 Å². The van der Waals surface area contributed by atoms with E-state index in [9.17, 15) is 13.2 Å². The zero-order chi connectivity index (χ0) is 35.6. The molecule has 1 aliphatic carbocycles. The molecule has 262 valence electrons. The fourth-order valence-corrected chi connectivity index (χ4v) is 10.3. The van der Waals surface area contributed by atoms with Crippen LogP contribution < -0.4 is 14.8 Å². The number of nitrogens with zero attached hydrogens (tertiary/aromatic N) is 3. The van der Waals surface area contributed by atoms with E-state index in [0.29, 0.717) is 42.8 Å². The van der Waals surface area contributed by atoms with E-state index in [4.69, 9.17) is 4.42 Å². The van der Waals surface area contributed by atoms with E-state index in [0.717, 1.165) is 53.5 Å². The zero-order valence-corrected chi connectivity index (χ0v) is 30.4. The maximum Gasteiger partial charge on any atom is 0.243 e. The number of carbonyl (C=O) groups is 1. The number of para-hydroxylation sites is 2. The van der Waals surface area contributed by atoms with Crippen molar-refractivity contribution in [3.8, 4) is 22.5 Å². The van der Waals surface area contributed by atoms with Crippen LogP contribution in [0.5, 0.6) is 0 Å². The first-order valence-corrected chi connectivity index (χ1v) is 19.9. The van der Waals surface area contributed by atoms with Crippen molar-refractivity contribution in [3.63, 3.8) is 0 Å². The third-order valence-corrected chi connectivity index (χ3v) is 13.2. The van der Waals surface area contributed by atoms with Crippen LogP contribution in [0.1, 0.15) is 37.8 Å². The number of sulfonamides is 1. The molecule has 0 radical (unpaired) electrons. The quantitative estimate of drug-likeness (QED) is 0.129. The van der Waals surface area contributed by atoms with Crippen molar-refractivity contribution in [2.24, 2.45) is 11.8 Å². The Kier molecular flexibility index (Phi) is 8.12. The number of benzene rings is 5. The molecule has 7 nitrogen and oxygen atoms in total. The number of Topliss-reactive ketones (excluding diaryl/α,β-unsaturated/α-hetero) is 1. The Morgan fingerprint density at radius 2 is 1.54 bits per heavy atom. The second kappa shape index (κ2) is 12.9. The Morgan fingerprint density at radius 1 is 0.788 bits per heavy atom. The average Bonchev–Trinajstić information content (AvgIpc) is 3.81. The fraction of sp³-hybridized carbons (Fsp3) is 0.273. The lowest BCUT2D eigenvalue weighted by Crippen LogP contribution is -2.41. The molecule has 8 heteroatoms. The highest BCUT2D eigenvalue weighted by molar-refractivity contribution is 7.89. The second-order valence-electron chi connectivity index (χ2n) is 14.6. The fourth-order valence-electron chi connectivity index (χ4n) is 8.60. The molecule has 0 aromatic heterocycles. The van der Waals surface area contributed by atoms with E-state index >= 15 is 0 Å². The summed E-state index contributed by atoms with van der Waals surface area (Å²) in [6, 6.07) is 37.0. The normalized spacial score (nSPS) is 17.6. The van der Waals surface area contributed by atoms with Crippen LogP contribution in [0.25, 0.3) is 33.4 Å². The first-order valence-electron chi connectivity index (χ1n) is 18.5. The van der Waals surface area contributed by atoms with Crippen molar-refractivity contribution in [2.45, 2.75) is 44.4 Å².